The molecule has 0 radical (unpaired) electrons. The quantitative estimate of drug-likeness (QED) is 0.680. The maximum atomic E-state index is 3.51. The lowest BCUT2D eigenvalue weighted by Gasteiger charge is -2.18. The van der Waals surface area contributed by atoms with Crippen LogP contribution >= 0.6 is 0 Å². The summed E-state index contributed by atoms with van der Waals surface area (Å²) in [6.45, 7) is 2.27. The van der Waals surface area contributed by atoms with Crippen molar-refractivity contribution >= 4 is 0 Å². The first-order valence-electron chi connectivity index (χ1n) is 6.28. The molecule has 1 aromatic rings. The van der Waals surface area contributed by atoms with Crippen molar-refractivity contribution in [3.05, 3.63) is 34.4 Å². The van der Waals surface area contributed by atoms with Crippen LogP contribution in [0.4, 0.5) is 0 Å². The lowest BCUT2D eigenvalue weighted by molar-refractivity contribution is 0.676. The van der Waals surface area contributed by atoms with Gasteiger partial charge in [0.1, 0.15) is 0 Å². The van der Waals surface area contributed by atoms with Gasteiger partial charge in [0, 0.05) is 6.54 Å². The highest BCUT2D eigenvalue weighted by Crippen LogP contribution is 2.26. The zero-order chi connectivity index (χ0) is 10.1. The van der Waals surface area contributed by atoms with Gasteiger partial charge in [-0.05, 0) is 67.3 Å². The van der Waals surface area contributed by atoms with E-state index in [1.54, 1.807) is 22.3 Å². The first-order valence-corrected chi connectivity index (χ1v) is 6.28. The molecule has 0 fully saturated rings. The molecule has 0 spiro atoms. The molecule has 0 saturated heterocycles. The molecule has 0 amide bonds. The second kappa shape index (κ2) is 3.97. The molecular formula is C14H19N. The summed E-state index contributed by atoms with van der Waals surface area (Å²) >= 11 is 0. The van der Waals surface area contributed by atoms with Gasteiger partial charge >= 0.3 is 0 Å². The fraction of sp³-hybridized carbons (Fsp3) is 0.571. The van der Waals surface area contributed by atoms with Crippen LogP contribution < -0.4 is 5.32 Å². The predicted octanol–water partition coefficient (Wildman–Crippen LogP) is 2.60. The van der Waals surface area contributed by atoms with Crippen LogP contribution in [0.5, 0.6) is 0 Å². The van der Waals surface area contributed by atoms with E-state index in [1.165, 1.54) is 45.1 Å². The lowest BCUT2D eigenvalue weighted by Crippen LogP contribution is -2.12. The van der Waals surface area contributed by atoms with E-state index < -0.39 is 0 Å². The van der Waals surface area contributed by atoms with E-state index in [1.807, 2.05) is 0 Å². The Morgan fingerprint density at radius 3 is 2.13 bits per heavy atom. The molecule has 0 aromatic heterocycles. The van der Waals surface area contributed by atoms with E-state index in [-0.39, 0.29) is 0 Å². The fourth-order valence-electron chi connectivity index (χ4n) is 2.91. The Bertz CT molecular complexity index is 333. The van der Waals surface area contributed by atoms with Gasteiger partial charge in [-0.15, -0.1) is 0 Å². The minimum Gasteiger partial charge on any atom is -0.313 e. The number of hydrogen-bond donors (Lipinski definition) is 1. The lowest BCUT2D eigenvalue weighted by atomic mass is 9.87. The number of benzene rings is 1. The van der Waals surface area contributed by atoms with Crippen molar-refractivity contribution in [2.75, 3.05) is 6.54 Å². The van der Waals surface area contributed by atoms with Crippen LogP contribution in [0, 0.1) is 0 Å². The highest BCUT2D eigenvalue weighted by molar-refractivity contribution is 5.40. The SMILES string of the molecule is c1c2c(cc3c1CCCNC3)CCCC2. The molecule has 1 aliphatic heterocycles. The summed E-state index contributed by atoms with van der Waals surface area (Å²) in [7, 11) is 0. The standard InChI is InChI=1S/C14H19N/c1-2-5-12-9-14-10-15-7-3-6-13(14)8-11(12)4-1/h8-9,15H,1-7,10H2. The van der Waals surface area contributed by atoms with Crippen LogP contribution in [0.1, 0.15) is 41.5 Å². The normalized spacial score (nSPS) is 20.3. The Balaban J connectivity index is 2.02. The molecule has 3 rings (SSSR count). The van der Waals surface area contributed by atoms with Crippen molar-refractivity contribution in [3.63, 3.8) is 0 Å². The number of rotatable bonds is 0. The third-order valence-electron chi connectivity index (χ3n) is 3.78. The summed E-state index contributed by atoms with van der Waals surface area (Å²) in [6.07, 6.45) is 7.98. The maximum absolute atomic E-state index is 3.51. The average Bonchev–Trinajstić information content (AvgIpc) is 2.50. The monoisotopic (exact) mass is 201 g/mol. The van der Waals surface area contributed by atoms with Gasteiger partial charge in [-0.1, -0.05) is 12.1 Å². The zero-order valence-corrected chi connectivity index (χ0v) is 9.31. The number of aryl methyl sites for hydroxylation is 3. The smallest absolute Gasteiger partial charge is 0.0208 e. The first-order chi connectivity index (χ1) is 7.43. The molecule has 1 N–H and O–H groups in total. The van der Waals surface area contributed by atoms with Crippen molar-refractivity contribution in [3.8, 4) is 0 Å². The summed E-state index contributed by atoms with van der Waals surface area (Å²) in [4.78, 5) is 0. The molecule has 1 aliphatic carbocycles. The molecular weight excluding hydrogens is 182 g/mol. The number of fused-ring (bicyclic) bond motifs is 2. The van der Waals surface area contributed by atoms with Crippen molar-refractivity contribution < 1.29 is 0 Å². The molecule has 15 heavy (non-hydrogen) atoms. The van der Waals surface area contributed by atoms with Crippen molar-refractivity contribution in [1.29, 1.82) is 0 Å². The molecule has 0 bridgehead atoms. The van der Waals surface area contributed by atoms with Gasteiger partial charge in [0.25, 0.3) is 0 Å². The van der Waals surface area contributed by atoms with Gasteiger partial charge < -0.3 is 5.32 Å². The highest BCUT2D eigenvalue weighted by Gasteiger charge is 2.14. The Kier molecular flexibility index (Phi) is 2.49. The predicted molar refractivity (Wildman–Crippen MR) is 63.1 cm³/mol. The molecule has 1 aromatic carbocycles. The molecule has 1 heterocycles. The van der Waals surface area contributed by atoms with Crippen LogP contribution in [0.25, 0.3) is 0 Å². The minimum absolute atomic E-state index is 1.09. The molecule has 2 aliphatic rings. The van der Waals surface area contributed by atoms with Crippen LogP contribution in [0.2, 0.25) is 0 Å². The average molecular weight is 201 g/mol. The van der Waals surface area contributed by atoms with E-state index in [0.717, 1.165) is 6.54 Å². The maximum Gasteiger partial charge on any atom is 0.0208 e. The van der Waals surface area contributed by atoms with Crippen molar-refractivity contribution in [2.45, 2.75) is 45.1 Å². The third-order valence-corrected chi connectivity index (χ3v) is 3.78. The van der Waals surface area contributed by atoms with E-state index in [4.69, 9.17) is 0 Å². The van der Waals surface area contributed by atoms with E-state index in [0.29, 0.717) is 0 Å². The van der Waals surface area contributed by atoms with Crippen LogP contribution in [0.15, 0.2) is 12.1 Å². The summed E-state index contributed by atoms with van der Waals surface area (Å²) in [5, 5.41) is 3.51. The topological polar surface area (TPSA) is 12.0 Å². The van der Waals surface area contributed by atoms with E-state index in [9.17, 15) is 0 Å². The summed E-state index contributed by atoms with van der Waals surface area (Å²) < 4.78 is 0. The van der Waals surface area contributed by atoms with Crippen LogP contribution in [-0.2, 0) is 25.8 Å². The molecule has 80 valence electrons. The summed E-state index contributed by atoms with van der Waals surface area (Å²) in [5.74, 6) is 0. The number of nitrogens with one attached hydrogen (secondary N) is 1. The van der Waals surface area contributed by atoms with Gasteiger partial charge in [-0.2, -0.15) is 0 Å². The van der Waals surface area contributed by atoms with Gasteiger partial charge in [0.15, 0.2) is 0 Å². The third kappa shape index (κ3) is 1.81. The molecule has 0 unspecified atom stereocenters. The van der Waals surface area contributed by atoms with Gasteiger partial charge in [-0.25, -0.2) is 0 Å². The summed E-state index contributed by atoms with van der Waals surface area (Å²) in [6, 6.07) is 4.97. The van der Waals surface area contributed by atoms with Crippen molar-refractivity contribution in [1.82, 2.24) is 5.32 Å². The van der Waals surface area contributed by atoms with E-state index in [2.05, 4.69) is 17.4 Å². The first kappa shape index (κ1) is 9.41. The molecule has 1 nitrogen and oxygen atoms in total. The Labute approximate surface area is 91.9 Å². The van der Waals surface area contributed by atoms with E-state index >= 15 is 0 Å². The molecule has 0 atom stereocenters. The van der Waals surface area contributed by atoms with Gasteiger partial charge in [-0.3, -0.25) is 0 Å². The Morgan fingerprint density at radius 2 is 1.33 bits per heavy atom. The minimum atomic E-state index is 1.09. The van der Waals surface area contributed by atoms with Crippen LogP contribution in [0.3, 0.4) is 0 Å². The summed E-state index contributed by atoms with van der Waals surface area (Å²) in [5.41, 5.74) is 6.44. The molecule has 1 heteroatoms. The highest BCUT2D eigenvalue weighted by atomic mass is 14.8. The fourth-order valence-corrected chi connectivity index (χ4v) is 2.91. The zero-order valence-electron chi connectivity index (χ0n) is 9.31. The number of hydrogen-bond acceptors (Lipinski definition) is 1. The van der Waals surface area contributed by atoms with Gasteiger partial charge in [0.05, 0.1) is 0 Å². The second-order valence-corrected chi connectivity index (χ2v) is 4.88. The van der Waals surface area contributed by atoms with Gasteiger partial charge in [0.2, 0.25) is 0 Å². The molecule has 0 saturated carbocycles. The Hall–Kier alpha value is -0.820. The second-order valence-electron chi connectivity index (χ2n) is 4.88. The van der Waals surface area contributed by atoms with Crippen molar-refractivity contribution in [2.24, 2.45) is 0 Å². The largest absolute Gasteiger partial charge is 0.313 e. The Morgan fingerprint density at radius 1 is 0.733 bits per heavy atom. The van der Waals surface area contributed by atoms with Crippen LogP contribution in [-0.4, -0.2) is 6.54 Å².